The highest BCUT2D eigenvalue weighted by Gasteiger charge is 2.30. The summed E-state index contributed by atoms with van der Waals surface area (Å²) in [5, 5.41) is 0.801. The first-order valence-corrected chi connectivity index (χ1v) is 14.5. The van der Waals surface area contributed by atoms with Crippen LogP contribution in [-0.4, -0.2) is 47.5 Å². The van der Waals surface area contributed by atoms with Gasteiger partial charge in [-0.2, -0.15) is 13.2 Å². The fourth-order valence-electron chi connectivity index (χ4n) is 5.10. The number of fused-ring (bicyclic) bond motifs is 2. The van der Waals surface area contributed by atoms with Gasteiger partial charge in [0.15, 0.2) is 0 Å². The predicted octanol–water partition coefficient (Wildman–Crippen LogP) is 7.43. The molecule has 0 fully saturated rings. The molecule has 1 aliphatic heterocycles. The second kappa shape index (κ2) is 12.7. The zero-order valence-electron chi connectivity index (χ0n) is 25.5. The number of ether oxygens (including phenoxy) is 3. The van der Waals surface area contributed by atoms with Crippen molar-refractivity contribution >= 4 is 34.5 Å². The van der Waals surface area contributed by atoms with Gasteiger partial charge in [-0.25, -0.2) is 14.6 Å². The topological polar surface area (TPSA) is 82.9 Å². The average Bonchev–Trinajstić information content (AvgIpc) is 3.41. The smallest absolute Gasteiger partial charge is 0.416 e. The molecule has 0 unspecified atom stereocenters. The average molecular weight is 622 g/mol. The molecule has 0 bridgehead atoms. The molecule has 0 aliphatic carbocycles. The Kier molecular flexibility index (Phi) is 8.90. The molecule has 0 spiro atoms. The maximum Gasteiger partial charge on any atom is 0.416 e. The molecule has 0 saturated carbocycles. The molecule has 1 aliphatic rings. The van der Waals surface area contributed by atoms with Gasteiger partial charge in [0.2, 0.25) is 0 Å². The summed E-state index contributed by atoms with van der Waals surface area (Å²) in [4.78, 5) is 31.4. The van der Waals surface area contributed by atoms with Gasteiger partial charge in [0.1, 0.15) is 17.2 Å². The number of carbonyl (C=O) groups is 2. The molecule has 3 heterocycles. The van der Waals surface area contributed by atoms with Crippen molar-refractivity contribution in [2.45, 2.75) is 51.8 Å². The van der Waals surface area contributed by atoms with Gasteiger partial charge < -0.3 is 18.8 Å². The first-order valence-electron chi connectivity index (χ1n) is 14.5. The van der Waals surface area contributed by atoms with Gasteiger partial charge in [-0.05, 0) is 87.2 Å². The van der Waals surface area contributed by atoms with Crippen LogP contribution in [0.3, 0.4) is 0 Å². The number of nitrogens with zero attached hydrogens (tertiary/aromatic N) is 3. The summed E-state index contributed by atoms with van der Waals surface area (Å²) in [6.07, 6.45) is 0.272. The summed E-state index contributed by atoms with van der Waals surface area (Å²) in [5.41, 5.74) is 1.88. The predicted molar refractivity (Wildman–Crippen MR) is 164 cm³/mol. The number of carbonyl (C=O) groups excluding carboxylic acids is 2. The highest BCUT2D eigenvalue weighted by molar-refractivity contribution is 5.95. The normalized spacial score (nSPS) is 13.8. The summed E-state index contributed by atoms with van der Waals surface area (Å²) in [6.45, 7) is 6.38. The van der Waals surface area contributed by atoms with Crippen molar-refractivity contribution in [2.75, 3.05) is 25.2 Å². The fraction of sp³-hybridized carbons (Fsp3) is 0.324. The third-order valence-corrected chi connectivity index (χ3v) is 7.22. The van der Waals surface area contributed by atoms with E-state index in [1.807, 2.05) is 51.1 Å². The van der Waals surface area contributed by atoms with Gasteiger partial charge in [0.25, 0.3) is 0 Å². The lowest BCUT2D eigenvalue weighted by molar-refractivity contribution is -0.137. The second-order valence-electron chi connectivity index (χ2n) is 11.7. The zero-order chi connectivity index (χ0) is 32.4. The van der Waals surface area contributed by atoms with E-state index >= 15 is 0 Å². The van der Waals surface area contributed by atoms with Gasteiger partial charge in [0.05, 0.1) is 30.5 Å². The van der Waals surface area contributed by atoms with Crippen LogP contribution in [0.25, 0.3) is 16.6 Å². The number of esters is 1. The van der Waals surface area contributed by atoms with Gasteiger partial charge in [-0.15, -0.1) is 0 Å². The highest BCUT2D eigenvalue weighted by atomic mass is 19.4. The molecule has 45 heavy (non-hydrogen) atoms. The number of hydrogen-bond acceptors (Lipinski definition) is 6. The summed E-state index contributed by atoms with van der Waals surface area (Å²) in [5.74, 6) is 0.595. The largest absolute Gasteiger partial charge is 0.493 e. The maximum atomic E-state index is 13.1. The summed E-state index contributed by atoms with van der Waals surface area (Å²) >= 11 is 0. The van der Waals surface area contributed by atoms with E-state index in [1.165, 1.54) is 25.3 Å². The molecule has 2 aromatic carbocycles. The Morgan fingerprint density at radius 2 is 1.76 bits per heavy atom. The Bertz CT molecular complexity index is 1740. The van der Waals surface area contributed by atoms with Crippen LogP contribution in [0.2, 0.25) is 0 Å². The van der Waals surface area contributed by atoms with Crippen LogP contribution in [-0.2, 0) is 33.3 Å². The number of pyridine rings is 1. The number of anilines is 1. The summed E-state index contributed by atoms with van der Waals surface area (Å²) in [7, 11) is 1.23. The van der Waals surface area contributed by atoms with Crippen molar-refractivity contribution in [3.8, 4) is 5.75 Å². The molecule has 8 nitrogen and oxygen atoms in total. The quantitative estimate of drug-likeness (QED) is 0.158. The summed E-state index contributed by atoms with van der Waals surface area (Å²) in [6, 6.07) is 15.8. The van der Waals surface area contributed by atoms with Crippen molar-refractivity contribution in [1.29, 1.82) is 0 Å². The third-order valence-electron chi connectivity index (χ3n) is 7.22. The monoisotopic (exact) mass is 621 g/mol. The van der Waals surface area contributed by atoms with E-state index in [2.05, 4.69) is 0 Å². The maximum absolute atomic E-state index is 13.1. The zero-order valence-corrected chi connectivity index (χ0v) is 25.5. The minimum Gasteiger partial charge on any atom is -0.493 e. The van der Waals surface area contributed by atoms with Gasteiger partial charge >= 0.3 is 18.2 Å². The van der Waals surface area contributed by atoms with E-state index in [4.69, 9.17) is 19.2 Å². The Morgan fingerprint density at radius 1 is 1.00 bits per heavy atom. The molecule has 0 radical (unpaired) electrons. The molecule has 0 saturated heterocycles. The van der Waals surface area contributed by atoms with E-state index < -0.39 is 29.4 Å². The lowest BCUT2D eigenvalue weighted by atomic mass is 10.1. The highest BCUT2D eigenvalue weighted by Crippen LogP contribution is 2.32. The van der Waals surface area contributed by atoms with E-state index in [0.29, 0.717) is 42.4 Å². The minimum atomic E-state index is -4.47. The molecule has 0 atom stereocenters. The minimum absolute atomic E-state index is 0.337. The Balaban J connectivity index is 1.31. The Morgan fingerprint density at radius 3 is 2.44 bits per heavy atom. The first-order chi connectivity index (χ1) is 21.3. The molecule has 2 aromatic heterocycles. The molecule has 1 amide bonds. The van der Waals surface area contributed by atoms with E-state index in [-0.39, 0.29) is 0 Å². The van der Waals surface area contributed by atoms with Crippen molar-refractivity contribution in [1.82, 2.24) is 9.55 Å². The number of halogens is 3. The van der Waals surface area contributed by atoms with E-state index in [0.717, 1.165) is 47.1 Å². The molecule has 4 aromatic rings. The lowest BCUT2D eigenvalue weighted by Crippen LogP contribution is -2.40. The van der Waals surface area contributed by atoms with Gasteiger partial charge in [-0.1, -0.05) is 18.2 Å². The van der Waals surface area contributed by atoms with Crippen molar-refractivity contribution in [3.05, 3.63) is 95.3 Å². The van der Waals surface area contributed by atoms with Crippen LogP contribution >= 0.6 is 0 Å². The number of rotatable bonds is 7. The number of hydrogen-bond donors (Lipinski definition) is 0. The number of benzene rings is 2. The van der Waals surface area contributed by atoms with Crippen LogP contribution in [0.4, 0.5) is 23.8 Å². The van der Waals surface area contributed by atoms with E-state index in [9.17, 15) is 22.8 Å². The standard InChI is InChI=1S/C34H34F3N3O5/c1-33(2,3)45-32(42)40-17-5-6-23-9-12-26(38-31(23)40)16-19-44-27-13-14-28-24(20-27)15-18-39(28)29(21-30(41)43-4)22-7-10-25(11-8-22)34(35,36)37/h7-15,18,20-21H,5-6,16-17,19H2,1-4H3. The van der Waals surface area contributed by atoms with E-state index in [1.54, 1.807) is 21.7 Å². The number of methoxy groups -OCH3 is 1. The van der Waals surface area contributed by atoms with Crippen LogP contribution in [0.5, 0.6) is 5.75 Å². The van der Waals surface area contributed by atoms with Crippen molar-refractivity contribution in [2.24, 2.45) is 0 Å². The summed E-state index contributed by atoms with van der Waals surface area (Å²) < 4.78 is 57.5. The first kappa shape index (κ1) is 31.6. The number of aryl methyl sites for hydroxylation is 1. The van der Waals surface area contributed by atoms with Gasteiger partial charge in [0, 0.05) is 36.3 Å². The number of amides is 1. The lowest BCUT2D eigenvalue weighted by Gasteiger charge is -2.31. The van der Waals surface area contributed by atoms with Crippen molar-refractivity contribution < 1.29 is 37.0 Å². The van der Waals surface area contributed by atoms with Crippen LogP contribution in [0.15, 0.2) is 72.9 Å². The van der Waals surface area contributed by atoms with Crippen LogP contribution < -0.4 is 9.64 Å². The molecular weight excluding hydrogens is 587 g/mol. The van der Waals surface area contributed by atoms with Crippen molar-refractivity contribution in [3.63, 3.8) is 0 Å². The fourth-order valence-corrected chi connectivity index (χ4v) is 5.10. The van der Waals surface area contributed by atoms with Crippen LogP contribution in [0.1, 0.15) is 49.6 Å². The Hall–Kier alpha value is -4.80. The Labute approximate surface area is 259 Å². The number of aromatic nitrogens is 2. The SMILES string of the molecule is COC(=O)C=C(c1ccc(C(F)(F)F)cc1)n1ccc2cc(OCCc3ccc4c(n3)N(C(=O)OC(C)(C)C)CCC4)ccc21. The molecule has 5 rings (SSSR count). The van der Waals surface area contributed by atoms with Crippen LogP contribution in [0, 0.1) is 0 Å². The van der Waals surface area contributed by atoms with Gasteiger partial charge in [-0.3, -0.25) is 4.90 Å². The molecule has 0 N–H and O–H groups in total. The molecular formula is C34H34F3N3O5. The molecule has 236 valence electrons. The molecule has 11 heteroatoms. The number of alkyl halides is 3. The second-order valence-corrected chi connectivity index (χ2v) is 11.7. The third kappa shape index (κ3) is 7.47.